The first-order chi connectivity index (χ1) is 7.47. The van der Waals surface area contributed by atoms with Crippen molar-refractivity contribution >= 4 is 21.4 Å². The van der Waals surface area contributed by atoms with Crippen molar-refractivity contribution < 1.29 is 8.42 Å². The number of nitrogens with two attached hydrogens (primary N) is 2. The summed E-state index contributed by atoms with van der Waals surface area (Å²) in [5.74, 6) is 0.734. The first kappa shape index (κ1) is 11.2. The maximum atomic E-state index is 11.1. The van der Waals surface area contributed by atoms with Crippen molar-refractivity contribution in [2.75, 3.05) is 17.6 Å². The minimum atomic E-state index is -3.67. The Hall–Kier alpha value is -1.27. The van der Waals surface area contributed by atoms with Gasteiger partial charge in [0.05, 0.1) is 16.3 Å². The van der Waals surface area contributed by atoms with Crippen LogP contribution in [0.15, 0.2) is 23.1 Å². The average Bonchev–Trinajstić information content (AvgIpc) is 2.98. The Labute approximate surface area is 94.9 Å². The van der Waals surface area contributed by atoms with E-state index < -0.39 is 10.0 Å². The third kappa shape index (κ3) is 2.65. The van der Waals surface area contributed by atoms with E-state index in [1.807, 2.05) is 0 Å². The molecule has 5 N–H and O–H groups in total. The second-order valence-corrected chi connectivity index (χ2v) is 5.68. The lowest BCUT2D eigenvalue weighted by Crippen LogP contribution is -2.13. The van der Waals surface area contributed by atoms with E-state index in [9.17, 15) is 8.42 Å². The lowest BCUT2D eigenvalue weighted by molar-refractivity contribution is 0.598. The lowest BCUT2D eigenvalue weighted by Gasteiger charge is -2.09. The van der Waals surface area contributed by atoms with E-state index in [0.29, 0.717) is 5.69 Å². The second kappa shape index (κ2) is 3.95. The van der Waals surface area contributed by atoms with Crippen LogP contribution in [0.2, 0.25) is 0 Å². The molecule has 1 aromatic carbocycles. The Morgan fingerprint density at radius 1 is 1.38 bits per heavy atom. The van der Waals surface area contributed by atoms with E-state index in [2.05, 4.69) is 5.32 Å². The molecule has 1 aliphatic carbocycles. The number of hydrogen-bond acceptors (Lipinski definition) is 4. The van der Waals surface area contributed by atoms with Gasteiger partial charge >= 0.3 is 0 Å². The van der Waals surface area contributed by atoms with Gasteiger partial charge in [-0.25, -0.2) is 13.6 Å². The molecule has 16 heavy (non-hydrogen) atoms. The van der Waals surface area contributed by atoms with Crippen molar-refractivity contribution in [2.45, 2.75) is 17.7 Å². The van der Waals surface area contributed by atoms with Gasteiger partial charge in [0, 0.05) is 6.54 Å². The molecular formula is C10H15N3O2S. The van der Waals surface area contributed by atoms with Gasteiger partial charge in [0.15, 0.2) is 0 Å². The average molecular weight is 241 g/mol. The first-order valence-corrected chi connectivity index (χ1v) is 6.67. The number of nitrogens with one attached hydrogen (secondary N) is 1. The van der Waals surface area contributed by atoms with Gasteiger partial charge in [-0.2, -0.15) is 0 Å². The summed E-state index contributed by atoms with van der Waals surface area (Å²) in [6.07, 6.45) is 2.50. The van der Waals surface area contributed by atoms with Gasteiger partial charge < -0.3 is 11.1 Å². The Bertz CT molecular complexity index is 495. The Kier molecular flexibility index (Phi) is 2.77. The van der Waals surface area contributed by atoms with Crippen molar-refractivity contribution in [3.63, 3.8) is 0 Å². The zero-order chi connectivity index (χ0) is 11.8. The molecular weight excluding hydrogens is 226 g/mol. The number of primary sulfonamides is 1. The van der Waals surface area contributed by atoms with Crippen molar-refractivity contribution in [1.29, 1.82) is 0 Å². The number of nitrogen functional groups attached to an aromatic ring is 1. The molecule has 1 saturated carbocycles. The van der Waals surface area contributed by atoms with Crippen molar-refractivity contribution in [2.24, 2.45) is 11.1 Å². The van der Waals surface area contributed by atoms with E-state index in [4.69, 9.17) is 10.9 Å². The molecule has 6 heteroatoms. The molecule has 0 unspecified atom stereocenters. The molecule has 88 valence electrons. The summed E-state index contributed by atoms with van der Waals surface area (Å²) in [5.41, 5.74) is 6.91. The first-order valence-electron chi connectivity index (χ1n) is 5.13. The van der Waals surface area contributed by atoms with Gasteiger partial charge in [0.2, 0.25) is 10.0 Å². The summed E-state index contributed by atoms with van der Waals surface area (Å²) in [4.78, 5) is 0.0435. The van der Waals surface area contributed by atoms with Gasteiger partial charge in [-0.05, 0) is 37.0 Å². The van der Waals surface area contributed by atoms with Crippen LogP contribution in [0.1, 0.15) is 12.8 Å². The molecule has 0 amide bonds. The summed E-state index contributed by atoms with van der Waals surface area (Å²) in [6.45, 7) is 0.888. The smallest absolute Gasteiger partial charge is 0.238 e. The van der Waals surface area contributed by atoms with Crippen LogP contribution < -0.4 is 16.2 Å². The topological polar surface area (TPSA) is 98.2 Å². The summed E-state index contributed by atoms with van der Waals surface area (Å²) in [7, 11) is -3.67. The van der Waals surface area contributed by atoms with E-state index in [-0.39, 0.29) is 4.90 Å². The van der Waals surface area contributed by atoms with Gasteiger partial charge in [0.1, 0.15) is 0 Å². The summed E-state index contributed by atoms with van der Waals surface area (Å²) in [6, 6.07) is 4.49. The molecule has 0 bridgehead atoms. The highest BCUT2D eigenvalue weighted by Gasteiger charge is 2.21. The Balaban J connectivity index is 2.15. The quantitative estimate of drug-likeness (QED) is 0.677. The largest absolute Gasteiger partial charge is 0.397 e. The fraction of sp³-hybridized carbons (Fsp3) is 0.400. The lowest BCUT2D eigenvalue weighted by atomic mass is 10.2. The van der Waals surface area contributed by atoms with Gasteiger partial charge in [-0.15, -0.1) is 0 Å². The second-order valence-electron chi connectivity index (χ2n) is 4.12. The molecule has 0 saturated heterocycles. The fourth-order valence-electron chi connectivity index (χ4n) is 1.46. The summed E-state index contributed by atoms with van der Waals surface area (Å²) in [5, 5.41) is 8.20. The molecule has 1 aromatic rings. The zero-order valence-corrected chi connectivity index (χ0v) is 9.63. The fourth-order valence-corrected chi connectivity index (χ4v) is 2.00. The third-order valence-electron chi connectivity index (χ3n) is 2.63. The van der Waals surface area contributed by atoms with Gasteiger partial charge in [-0.3, -0.25) is 0 Å². The summed E-state index contributed by atoms with van der Waals surface area (Å²) >= 11 is 0. The highest BCUT2D eigenvalue weighted by Crippen LogP contribution is 2.30. The molecule has 0 aromatic heterocycles. The predicted molar refractivity (Wildman–Crippen MR) is 63.4 cm³/mol. The molecule has 2 rings (SSSR count). The van der Waals surface area contributed by atoms with Crippen LogP contribution in [-0.4, -0.2) is 15.0 Å². The van der Waals surface area contributed by atoms with Crippen molar-refractivity contribution in [3.05, 3.63) is 18.2 Å². The maximum Gasteiger partial charge on any atom is 0.238 e. The van der Waals surface area contributed by atoms with Crippen LogP contribution in [-0.2, 0) is 10.0 Å². The predicted octanol–water partition coefficient (Wildman–Crippen LogP) is 0.738. The number of hydrogen-bond donors (Lipinski definition) is 3. The minimum Gasteiger partial charge on any atom is -0.397 e. The summed E-state index contributed by atoms with van der Waals surface area (Å²) < 4.78 is 22.1. The van der Waals surface area contributed by atoms with Crippen LogP contribution in [0.25, 0.3) is 0 Å². The van der Waals surface area contributed by atoms with E-state index in [0.717, 1.165) is 18.2 Å². The normalized spacial score (nSPS) is 16.1. The van der Waals surface area contributed by atoms with Crippen molar-refractivity contribution in [3.8, 4) is 0 Å². The number of anilines is 2. The molecule has 1 fully saturated rings. The Morgan fingerprint density at radius 3 is 2.56 bits per heavy atom. The molecule has 1 aliphatic rings. The van der Waals surface area contributed by atoms with Crippen LogP contribution in [0.5, 0.6) is 0 Å². The van der Waals surface area contributed by atoms with Crippen molar-refractivity contribution in [1.82, 2.24) is 0 Å². The monoisotopic (exact) mass is 241 g/mol. The molecule has 0 radical (unpaired) electrons. The van der Waals surface area contributed by atoms with Crippen LogP contribution in [0.4, 0.5) is 11.4 Å². The SMILES string of the molecule is Nc1cc(S(N)(=O)=O)ccc1NCC1CC1. The van der Waals surface area contributed by atoms with Crippen LogP contribution >= 0.6 is 0 Å². The van der Waals surface area contributed by atoms with Gasteiger partial charge in [0.25, 0.3) is 0 Å². The van der Waals surface area contributed by atoms with Crippen LogP contribution in [0, 0.1) is 5.92 Å². The molecule has 0 aliphatic heterocycles. The standard InChI is InChI=1S/C10H15N3O2S/c11-9-5-8(16(12,14)15)3-4-10(9)13-6-7-1-2-7/h3-5,7,13H,1-2,6,11H2,(H2,12,14,15). The van der Waals surface area contributed by atoms with E-state index in [1.165, 1.54) is 25.0 Å². The molecule has 0 heterocycles. The highest BCUT2D eigenvalue weighted by molar-refractivity contribution is 7.89. The highest BCUT2D eigenvalue weighted by atomic mass is 32.2. The Morgan fingerprint density at radius 2 is 2.06 bits per heavy atom. The van der Waals surface area contributed by atoms with Crippen LogP contribution in [0.3, 0.4) is 0 Å². The third-order valence-corrected chi connectivity index (χ3v) is 3.54. The molecule has 0 spiro atoms. The number of sulfonamides is 1. The van der Waals surface area contributed by atoms with E-state index >= 15 is 0 Å². The van der Waals surface area contributed by atoms with Gasteiger partial charge in [-0.1, -0.05) is 0 Å². The molecule has 5 nitrogen and oxygen atoms in total. The maximum absolute atomic E-state index is 11.1. The minimum absolute atomic E-state index is 0.0435. The zero-order valence-electron chi connectivity index (χ0n) is 8.81. The number of rotatable bonds is 4. The molecule has 0 atom stereocenters. The number of benzene rings is 1. The van der Waals surface area contributed by atoms with E-state index in [1.54, 1.807) is 6.07 Å².